The van der Waals surface area contributed by atoms with E-state index in [1.54, 1.807) is 17.0 Å². The third-order valence-corrected chi connectivity index (χ3v) is 5.17. The van der Waals surface area contributed by atoms with Gasteiger partial charge >= 0.3 is 5.97 Å². The van der Waals surface area contributed by atoms with E-state index in [4.69, 9.17) is 9.52 Å². The van der Waals surface area contributed by atoms with E-state index >= 15 is 0 Å². The van der Waals surface area contributed by atoms with Crippen LogP contribution in [0.15, 0.2) is 28.7 Å². The van der Waals surface area contributed by atoms with Crippen LogP contribution in [0.25, 0.3) is 11.1 Å². The van der Waals surface area contributed by atoms with E-state index in [1.807, 2.05) is 12.1 Å². The van der Waals surface area contributed by atoms with Crippen LogP contribution in [0.5, 0.6) is 0 Å². The van der Waals surface area contributed by atoms with Crippen LogP contribution in [0.2, 0.25) is 0 Å². The zero-order chi connectivity index (χ0) is 15.0. The summed E-state index contributed by atoms with van der Waals surface area (Å²) in [5.41, 5.74) is 1.25. The topological polar surface area (TPSA) is 101 Å². The number of carbonyl (C=O) groups is 1. The first kappa shape index (κ1) is 13.9. The van der Waals surface area contributed by atoms with Gasteiger partial charge in [-0.3, -0.25) is 4.79 Å². The molecule has 0 bridgehead atoms. The van der Waals surface area contributed by atoms with Gasteiger partial charge in [0.15, 0.2) is 15.4 Å². The molecule has 8 heteroatoms. The Kier molecular flexibility index (Phi) is 3.32. The summed E-state index contributed by atoms with van der Waals surface area (Å²) in [7, 11) is -3.22. The largest absolute Gasteiger partial charge is 0.481 e. The first-order chi connectivity index (χ1) is 9.94. The average molecular weight is 310 g/mol. The third-order valence-electron chi connectivity index (χ3n) is 3.47. The van der Waals surface area contributed by atoms with E-state index in [-0.39, 0.29) is 30.5 Å². The van der Waals surface area contributed by atoms with Crippen molar-refractivity contribution in [2.75, 3.05) is 23.0 Å². The Hall–Kier alpha value is -2.09. The van der Waals surface area contributed by atoms with Gasteiger partial charge in [0.1, 0.15) is 5.52 Å². The lowest BCUT2D eigenvalue weighted by molar-refractivity contribution is -0.137. The first-order valence-corrected chi connectivity index (χ1v) is 8.31. The first-order valence-electron chi connectivity index (χ1n) is 6.49. The molecule has 1 aliphatic rings. The molecule has 1 aromatic heterocycles. The maximum absolute atomic E-state index is 11.7. The maximum Gasteiger partial charge on any atom is 0.305 e. The van der Waals surface area contributed by atoms with E-state index in [0.717, 1.165) is 0 Å². The molecule has 0 saturated carbocycles. The molecular weight excluding hydrogens is 296 g/mol. The summed E-state index contributed by atoms with van der Waals surface area (Å²) in [6, 6.07) is 6.80. The number of oxazole rings is 1. The summed E-state index contributed by atoms with van der Waals surface area (Å²) in [6.07, 6.45) is -0.266. The van der Waals surface area contributed by atoms with Gasteiger partial charge < -0.3 is 14.4 Å². The fourth-order valence-electron chi connectivity index (χ4n) is 2.49. The fourth-order valence-corrected chi connectivity index (χ4v) is 4.02. The Morgan fingerprint density at radius 1 is 1.43 bits per heavy atom. The molecule has 21 heavy (non-hydrogen) atoms. The van der Waals surface area contributed by atoms with Gasteiger partial charge in [-0.1, -0.05) is 12.1 Å². The minimum Gasteiger partial charge on any atom is -0.481 e. The molecule has 0 aliphatic carbocycles. The lowest BCUT2D eigenvalue weighted by Crippen LogP contribution is -2.49. The summed E-state index contributed by atoms with van der Waals surface area (Å²) >= 11 is 0. The number of benzene rings is 1. The summed E-state index contributed by atoms with van der Waals surface area (Å²) in [5, 5.41) is 8.97. The zero-order valence-electron chi connectivity index (χ0n) is 11.1. The normalized spacial score (nSPS) is 21.5. The van der Waals surface area contributed by atoms with Gasteiger partial charge in [-0.05, 0) is 12.1 Å². The number of carboxylic acids is 1. The second-order valence-corrected chi connectivity index (χ2v) is 7.25. The van der Waals surface area contributed by atoms with Crippen molar-refractivity contribution in [1.29, 1.82) is 0 Å². The molecule has 0 spiro atoms. The highest BCUT2D eigenvalue weighted by molar-refractivity contribution is 7.91. The lowest BCUT2D eigenvalue weighted by Gasteiger charge is -2.33. The fraction of sp³-hybridized carbons (Fsp3) is 0.385. The van der Waals surface area contributed by atoms with Crippen molar-refractivity contribution in [2.45, 2.75) is 12.5 Å². The summed E-state index contributed by atoms with van der Waals surface area (Å²) in [5.74, 6) is -1.27. The van der Waals surface area contributed by atoms with Gasteiger partial charge in [-0.2, -0.15) is 4.98 Å². The molecule has 1 aromatic carbocycles. The number of aliphatic carboxylic acids is 1. The summed E-state index contributed by atoms with van der Waals surface area (Å²) < 4.78 is 29.1. The van der Waals surface area contributed by atoms with Crippen molar-refractivity contribution in [3.63, 3.8) is 0 Å². The molecule has 0 amide bonds. The Bertz CT molecular complexity index is 750. The number of fused-ring (bicyclic) bond motifs is 1. The standard InChI is InChI=1S/C13H14N2O5S/c16-12(17)7-9-8-21(18,19)6-5-15(9)13-14-10-3-1-2-4-11(10)20-13/h1-4,9H,5-8H2,(H,16,17). The van der Waals surface area contributed by atoms with Crippen LogP contribution < -0.4 is 4.90 Å². The maximum atomic E-state index is 11.7. The molecule has 1 unspecified atom stereocenters. The van der Waals surface area contributed by atoms with Crippen LogP contribution in [0.1, 0.15) is 6.42 Å². The van der Waals surface area contributed by atoms with E-state index < -0.39 is 21.8 Å². The van der Waals surface area contributed by atoms with Crippen LogP contribution in [0.3, 0.4) is 0 Å². The van der Waals surface area contributed by atoms with Gasteiger partial charge in [-0.25, -0.2) is 8.42 Å². The Morgan fingerprint density at radius 3 is 2.90 bits per heavy atom. The second-order valence-electron chi connectivity index (χ2n) is 5.02. The minimum absolute atomic E-state index is 0.0259. The van der Waals surface area contributed by atoms with Crippen molar-refractivity contribution in [3.05, 3.63) is 24.3 Å². The molecule has 3 rings (SSSR count). The number of aromatic nitrogens is 1. The van der Waals surface area contributed by atoms with Gasteiger partial charge in [0.2, 0.25) is 0 Å². The molecule has 1 saturated heterocycles. The average Bonchev–Trinajstić information content (AvgIpc) is 2.80. The number of hydrogen-bond acceptors (Lipinski definition) is 6. The molecule has 0 radical (unpaired) electrons. The Labute approximate surface area is 121 Å². The van der Waals surface area contributed by atoms with Crippen LogP contribution in [0, 0.1) is 0 Å². The van der Waals surface area contributed by atoms with Crippen LogP contribution in [-0.2, 0) is 14.6 Å². The Morgan fingerprint density at radius 2 is 2.19 bits per heavy atom. The quantitative estimate of drug-likeness (QED) is 0.899. The van der Waals surface area contributed by atoms with Crippen molar-refractivity contribution in [1.82, 2.24) is 4.98 Å². The number of para-hydroxylation sites is 2. The monoisotopic (exact) mass is 310 g/mol. The highest BCUT2D eigenvalue weighted by atomic mass is 32.2. The van der Waals surface area contributed by atoms with E-state index in [9.17, 15) is 13.2 Å². The van der Waals surface area contributed by atoms with E-state index in [2.05, 4.69) is 4.98 Å². The predicted octanol–water partition coefficient (Wildman–Crippen LogP) is 0.906. The molecule has 1 atom stereocenters. The number of carboxylic acid groups (broad SMARTS) is 1. The third kappa shape index (κ3) is 2.85. The Balaban J connectivity index is 1.95. The van der Waals surface area contributed by atoms with Gasteiger partial charge in [0.25, 0.3) is 6.01 Å². The van der Waals surface area contributed by atoms with Crippen LogP contribution in [0.4, 0.5) is 6.01 Å². The SMILES string of the molecule is O=C(O)CC1CS(=O)(=O)CCN1c1nc2ccccc2o1. The molecule has 7 nitrogen and oxygen atoms in total. The number of rotatable bonds is 3. The number of anilines is 1. The van der Waals surface area contributed by atoms with E-state index in [0.29, 0.717) is 11.1 Å². The van der Waals surface area contributed by atoms with Gasteiger partial charge in [-0.15, -0.1) is 0 Å². The van der Waals surface area contributed by atoms with Crippen molar-refractivity contribution in [3.8, 4) is 0 Å². The summed E-state index contributed by atoms with van der Waals surface area (Å²) in [6.45, 7) is 0.188. The van der Waals surface area contributed by atoms with Crippen molar-refractivity contribution < 1.29 is 22.7 Å². The molecule has 112 valence electrons. The van der Waals surface area contributed by atoms with E-state index in [1.165, 1.54) is 0 Å². The van der Waals surface area contributed by atoms with Crippen LogP contribution in [-0.4, -0.2) is 48.6 Å². The molecule has 1 N–H and O–H groups in total. The van der Waals surface area contributed by atoms with Crippen molar-refractivity contribution >= 4 is 32.9 Å². The lowest BCUT2D eigenvalue weighted by atomic mass is 10.2. The molecule has 1 fully saturated rings. The highest BCUT2D eigenvalue weighted by Crippen LogP contribution is 2.26. The predicted molar refractivity (Wildman–Crippen MR) is 76.0 cm³/mol. The highest BCUT2D eigenvalue weighted by Gasteiger charge is 2.35. The molecule has 2 aromatic rings. The minimum atomic E-state index is -3.22. The number of hydrogen-bond donors (Lipinski definition) is 1. The van der Waals surface area contributed by atoms with Gasteiger partial charge in [0.05, 0.1) is 24.0 Å². The zero-order valence-corrected chi connectivity index (χ0v) is 11.9. The number of nitrogens with zero attached hydrogens (tertiary/aromatic N) is 2. The summed E-state index contributed by atoms with van der Waals surface area (Å²) in [4.78, 5) is 16.9. The number of sulfone groups is 1. The smallest absolute Gasteiger partial charge is 0.305 e. The van der Waals surface area contributed by atoms with Crippen LogP contribution >= 0.6 is 0 Å². The molecule has 1 aliphatic heterocycles. The van der Waals surface area contributed by atoms with Gasteiger partial charge in [0, 0.05) is 6.54 Å². The molecular formula is C13H14N2O5S. The molecule has 2 heterocycles. The second kappa shape index (κ2) is 5.03. The van der Waals surface area contributed by atoms with Crippen molar-refractivity contribution in [2.24, 2.45) is 0 Å².